The molecule has 1 rings (SSSR count). The lowest BCUT2D eigenvalue weighted by Gasteiger charge is -2.10. The first-order valence-corrected chi connectivity index (χ1v) is 4.39. The van der Waals surface area contributed by atoms with Crippen molar-refractivity contribution in [2.45, 2.75) is 5.37 Å². The van der Waals surface area contributed by atoms with Gasteiger partial charge >= 0.3 is 0 Å². The number of nitrogens with two attached hydrogens (primary N) is 1. The normalized spacial score (nSPS) is 13.4. The maximum absolute atomic E-state index is 5.49. The smallest absolute Gasteiger partial charge is 0.109 e. The number of thioether (sulfide) groups is 1. The molecular weight excluding hydrogens is 146 g/mol. The zero-order valence-electron chi connectivity index (χ0n) is 5.90. The topological polar surface area (TPSA) is 43.8 Å². The molecule has 0 aromatic carbocycles. The van der Waals surface area contributed by atoms with E-state index in [1.54, 1.807) is 18.0 Å². The highest BCUT2D eigenvalue weighted by Gasteiger charge is 2.04. The summed E-state index contributed by atoms with van der Waals surface area (Å²) in [4.78, 5) is 0. The molecule has 0 fully saturated rings. The van der Waals surface area contributed by atoms with Crippen molar-refractivity contribution in [3.05, 3.63) is 18.5 Å². The summed E-state index contributed by atoms with van der Waals surface area (Å²) in [5, 5.41) is 4.36. The number of rotatable bonds is 3. The van der Waals surface area contributed by atoms with Crippen molar-refractivity contribution in [3.8, 4) is 0 Å². The van der Waals surface area contributed by atoms with Crippen LogP contribution < -0.4 is 5.73 Å². The molecule has 2 N–H and O–H groups in total. The second-order valence-electron chi connectivity index (χ2n) is 1.91. The molecule has 10 heavy (non-hydrogen) atoms. The van der Waals surface area contributed by atoms with Gasteiger partial charge < -0.3 is 5.73 Å². The molecule has 0 radical (unpaired) electrons. The highest BCUT2D eigenvalue weighted by molar-refractivity contribution is 7.98. The summed E-state index contributed by atoms with van der Waals surface area (Å²) in [6.07, 6.45) is 5.71. The van der Waals surface area contributed by atoms with Gasteiger partial charge in [-0.25, -0.2) is 0 Å². The average molecular weight is 157 g/mol. The van der Waals surface area contributed by atoms with Gasteiger partial charge in [-0.05, 0) is 12.3 Å². The summed E-state index contributed by atoms with van der Waals surface area (Å²) in [6, 6.07) is 1.90. The van der Waals surface area contributed by atoms with Crippen LogP contribution in [-0.2, 0) is 0 Å². The fraction of sp³-hybridized carbons (Fsp3) is 0.500. The molecule has 0 aliphatic carbocycles. The Hall–Kier alpha value is -0.480. The molecule has 0 spiro atoms. The Balaban J connectivity index is 2.64. The molecule has 1 aromatic rings. The van der Waals surface area contributed by atoms with Crippen LogP contribution in [-0.4, -0.2) is 22.6 Å². The Morgan fingerprint density at radius 2 is 2.60 bits per heavy atom. The fourth-order valence-corrected chi connectivity index (χ4v) is 1.30. The van der Waals surface area contributed by atoms with E-state index < -0.39 is 0 Å². The number of hydrogen-bond donors (Lipinski definition) is 1. The fourth-order valence-electron chi connectivity index (χ4n) is 0.763. The van der Waals surface area contributed by atoms with E-state index >= 15 is 0 Å². The molecule has 56 valence electrons. The number of aromatic nitrogens is 2. The van der Waals surface area contributed by atoms with Gasteiger partial charge in [-0.1, -0.05) is 0 Å². The van der Waals surface area contributed by atoms with E-state index in [0.29, 0.717) is 6.54 Å². The summed E-state index contributed by atoms with van der Waals surface area (Å²) >= 11 is 1.70. The van der Waals surface area contributed by atoms with Crippen molar-refractivity contribution in [1.82, 2.24) is 9.78 Å². The molecular formula is C6H11N3S. The second-order valence-corrected chi connectivity index (χ2v) is 2.93. The largest absolute Gasteiger partial charge is 0.328 e. The highest BCUT2D eigenvalue weighted by Crippen LogP contribution is 2.15. The van der Waals surface area contributed by atoms with Gasteiger partial charge in [-0.2, -0.15) is 5.10 Å². The maximum atomic E-state index is 5.49. The predicted octanol–water partition coefficient (Wildman–Crippen LogP) is 0.703. The SMILES string of the molecule is CSC(CN)n1cccn1. The van der Waals surface area contributed by atoms with Gasteiger partial charge in [-0.3, -0.25) is 4.68 Å². The molecule has 0 amide bonds. The monoisotopic (exact) mass is 157 g/mol. The Kier molecular flexibility index (Phi) is 2.77. The standard InChI is InChI=1S/C6H11N3S/c1-10-6(5-7)9-4-2-3-8-9/h2-4,6H,5,7H2,1H3. The lowest BCUT2D eigenvalue weighted by Crippen LogP contribution is -2.16. The van der Waals surface area contributed by atoms with Crippen molar-refractivity contribution >= 4 is 11.8 Å². The van der Waals surface area contributed by atoms with Crippen LogP contribution in [0.5, 0.6) is 0 Å². The van der Waals surface area contributed by atoms with Gasteiger partial charge in [0, 0.05) is 18.9 Å². The third-order valence-electron chi connectivity index (χ3n) is 1.29. The maximum Gasteiger partial charge on any atom is 0.109 e. The third kappa shape index (κ3) is 1.52. The van der Waals surface area contributed by atoms with E-state index in [0.717, 1.165) is 0 Å². The average Bonchev–Trinajstić information content (AvgIpc) is 2.43. The number of hydrogen-bond acceptors (Lipinski definition) is 3. The molecule has 0 saturated carbocycles. The Morgan fingerprint density at radius 3 is 3.00 bits per heavy atom. The molecule has 0 bridgehead atoms. The summed E-state index contributed by atoms with van der Waals surface area (Å²) in [7, 11) is 0. The van der Waals surface area contributed by atoms with Crippen molar-refractivity contribution < 1.29 is 0 Å². The third-order valence-corrected chi connectivity index (χ3v) is 2.25. The van der Waals surface area contributed by atoms with E-state index in [2.05, 4.69) is 5.10 Å². The van der Waals surface area contributed by atoms with E-state index in [9.17, 15) is 0 Å². The van der Waals surface area contributed by atoms with Crippen LogP contribution >= 0.6 is 11.8 Å². The van der Waals surface area contributed by atoms with Gasteiger partial charge in [-0.15, -0.1) is 11.8 Å². The van der Waals surface area contributed by atoms with Crippen molar-refractivity contribution in [3.63, 3.8) is 0 Å². The van der Waals surface area contributed by atoms with Crippen LogP contribution in [0.25, 0.3) is 0 Å². The first kappa shape index (κ1) is 7.63. The molecule has 1 aromatic heterocycles. The van der Waals surface area contributed by atoms with Gasteiger partial charge in [0.15, 0.2) is 0 Å². The van der Waals surface area contributed by atoms with Gasteiger partial charge in [0.1, 0.15) is 5.37 Å². The Labute approximate surface area is 64.6 Å². The van der Waals surface area contributed by atoms with Gasteiger partial charge in [0.05, 0.1) is 0 Å². The summed E-state index contributed by atoms with van der Waals surface area (Å²) in [5.74, 6) is 0. The van der Waals surface area contributed by atoms with Crippen LogP contribution in [0.1, 0.15) is 5.37 Å². The molecule has 1 heterocycles. The number of nitrogens with zero attached hydrogens (tertiary/aromatic N) is 2. The lowest BCUT2D eigenvalue weighted by molar-refractivity contribution is 0.609. The minimum absolute atomic E-state index is 0.287. The van der Waals surface area contributed by atoms with E-state index in [1.165, 1.54) is 0 Å². The zero-order valence-corrected chi connectivity index (χ0v) is 6.71. The van der Waals surface area contributed by atoms with E-state index in [1.807, 2.05) is 23.2 Å². The Bertz CT molecular complexity index is 169. The van der Waals surface area contributed by atoms with Crippen LogP contribution in [0.3, 0.4) is 0 Å². The van der Waals surface area contributed by atoms with Crippen LogP contribution in [0, 0.1) is 0 Å². The minimum atomic E-state index is 0.287. The van der Waals surface area contributed by atoms with E-state index in [4.69, 9.17) is 5.73 Å². The first-order chi connectivity index (χ1) is 4.88. The van der Waals surface area contributed by atoms with Gasteiger partial charge in [0.2, 0.25) is 0 Å². The predicted molar refractivity (Wildman–Crippen MR) is 43.8 cm³/mol. The quantitative estimate of drug-likeness (QED) is 0.702. The first-order valence-electron chi connectivity index (χ1n) is 3.10. The van der Waals surface area contributed by atoms with Crippen molar-refractivity contribution in [2.24, 2.45) is 5.73 Å². The van der Waals surface area contributed by atoms with E-state index in [-0.39, 0.29) is 5.37 Å². The van der Waals surface area contributed by atoms with Crippen LogP contribution in [0.2, 0.25) is 0 Å². The Morgan fingerprint density at radius 1 is 1.80 bits per heavy atom. The second kappa shape index (κ2) is 3.63. The summed E-state index contributed by atoms with van der Waals surface area (Å²) in [5.41, 5.74) is 5.49. The van der Waals surface area contributed by atoms with Crippen LogP contribution in [0.15, 0.2) is 18.5 Å². The minimum Gasteiger partial charge on any atom is -0.328 e. The van der Waals surface area contributed by atoms with Crippen molar-refractivity contribution in [2.75, 3.05) is 12.8 Å². The highest BCUT2D eigenvalue weighted by atomic mass is 32.2. The zero-order chi connectivity index (χ0) is 7.40. The molecule has 0 aliphatic rings. The van der Waals surface area contributed by atoms with Gasteiger partial charge in [0.25, 0.3) is 0 Å². The molecule has 1 atom stereocenters. The summed E-state index contributed by atoms with van der Waals surface area (Å²) in [6.45, 7) is 0.628. The molecule has 3 nitrogen and oxygen atoms in total. The van der Waals surface area contributed by atoms with Crippen molar-refractivity contribution in [1.29, 1.82) is 0 Å². The molecule has 0 saturated heterocycles. The van der Waals surface area contributed by atoms with Crippen LogP contribution in [0.4, 0.5) is 0 Å². The lowest BCUT2D eigenvalue weighted by atomic mass is 10.6. The molecule has 0 aliphatic heterocycles. The molecule has 1 unspecified atom stereocenters. The molecule has 4 heteroatoms. The summed E-state index contributed by atoms with van der Waals surface area (Å²) < 4.78 is 1.87.